The van der Waals surface area contributed by atoms with Crippen LogP contribution in [0.5, 0.6) is 0 Å². The van der Waals surface area contributed by atoms with E-state index in [-0.39, 0.29) is 23.9 Å². The van der Waals surface area contributed by atoms with Gasteiger partial charge in [-0.15, -0.1) is 0 Å². The van der Waals surface area contributed by atoms with Crippen molar-refractivity contribution in [3.05, 3.63) is 29.8 Å². The molecule has 0 saturated carbocycles. The number of likely N-dealkylation sites (tertiary alicyclic amines) is 1. The van der Waals surface area contributed by atoms with Crippen LogP contribution in [0.15, 0.2) is 18.6 Å². The summed E-state index contributed by atoms with van der Waals surface area (Å²) in [4.78, 5) is 34.5. The third kappa shape index (κ3) is 5.14. The van der Waals surface area contributed by atoms with Gasteiger partial charge >= 0.3 is 6.09 Å². The largest absolute Gasteiger partial charge is 0.444 e. The van der Waals surface area contributed by atoms with Crippen LogP contribution >= 0.6 is 0 Å². The summed E-state index contributed by atoms with van der Waals surface area (Å²) in [6.07, 6.45) is 5.40. The molecule has 1 aliphatic rings. The lowest BCUT2D eigenvalue weighted by Gasteiger charge is -2.40. The second-order valence-electron chi connectivity index (χ2n) is 8.90. The van der Waals surface area contributed by atoms with Crippen molar-refractivity contribution in [3.63, 3.8) is 0 Å². The molecule has 11 heteroatoms. The number of nitrogens with two attached hydrogens (primary N) is 1. The molecular formula is C21H28N8O3. The average molecular weight is 441 g/mol. The van der Waals surface area contributed by atoms with Gasteiger partial charge in [0.25, 0.3) is 5.91 Å². The normalized spacial score (nSPS) is 15.7. The van der Waals surface area contributed by atoms with Crippen molar-refractivity contribution in [2.24, 2.45) is 5.73 Å². The van der Waals surface area contributed by atoms with Crippen LogP contribution in [0.1, 0.15) is 56.1 Å². The van der Waals surface area contributed by atoms with E-state index in [0.717, 1.165) is 0 Å². The number of nitriles is 1. The Morgan fingerprint density at radius 2 is 2.00 bits per heavy atom. The number of ether oxygens (including phenoxy) is 1. The molecule has 0 bridgehead atoms. The van der Waals surface area contributed by atoms with Crippen molar-refractivity contribution in [1.29, 1.82) is 5.26 Å². The van der Waals surface area contributed by atoms with Gasteiger partial charge in [-0.2, -0.15) is 10.4 Å². The van der Waals surface area contributed by atoms with Crippen LogP contribution in [0.25, 0.3) is 0 Å². The second kappa shape index (κ2) is 8.82. The lowest BCUT2D eigenvalue weighted by atomic mass is 9.85. The van der Waals surface area contributed by atoms with Gasteiger partial charge in [-0.05, 0) is 40.5 Å². The first-order chi connectivity index (χ1) is 15.0. The number of rotatable bonds is 5. The van der Waals surface area contributed by atoms with Gasteiger partial charge in [0.15, 0.2) is 5.82 Å². The fourth-order valence-electron chi connectivity index (χ4n) is 3.60. The van der Waals surface area contributed by atoms with E-state index in [4.69, 9.17) is 10.5 Å². The highest BCUT2D eigenvalue weighted by molar-refractivity contribution is 5.98. The van der Waals surface area contributed by atoms with Gasteiger partial charge in [-0.25, -0.2) is 9.78 Å². The van der Waals surface area contributed by atoms with Gasteiger partial charge in [-0.3, -0.25) is 14.5 Å². The minimum Gasteiger partial charge on any atom is -0.444 e. The zero-order valence-electron chi connectivity index (χ0n) is 18.8. The summed E-state index contributed by atoms with van der Waals surface area (Å²) in [6.45, 7) is 8.04. The monoisotopic (exact) mass is 440 g/mol. The number of aromatic nitrogens is 4. The molecular weight excluding hydrogens is 412 g/mol. The molecule has 0 aliphatic carbocycles. The van der Waals surface area contributed by atoms with Gasteiger partial charge in [0, 0.05) is 25.5 Å². The van der Waals surface area contributed by atoms with Crippen LogP contribution in [0, 0.1) is 18.3 Å². The number of primary amides is 1. The fourth-order valence-corrected chi connectivity index (χ4v) is 3.60. The van der Waals surface area contributed by atoms with Gasteiger partial charge < -0.3 is 20.7 Å². The van der Waals surface area contributed by atoms with Gasteiger partial charge in [0.2, 0.25) is 0 Å². The molecule has 0 unspecified atom stereocenters. The Morgan fingerprint density at radius 1 is 1.31 bits per heavy atom. The fraction of sp³-hybridized carbons (Fsp3) is 0.524. The first-order valence-corrected chi connectivity index (χ1v) is 10.3. The van der Waals surface area contributed by atoms with E-state index in [0.29, 0.717) is 37.4 Å². The number of aryl methyl sites for hydroxylation is 1. The number of carbonyl (C=O) groups is 2. The summed E-state index contributed by atoms with van der Waals surface area (Å²) in [5.41, 5.74) is 5.18. The first-order valence-electron chi connectivity index (χ1n) is 10.3. The number of carbonyl (C=O) groups excluding carboxylic acids is 2. The van der Waals surface area contributed by atoms with Crippen molar-refractivity contribution in [3.8, 4) is 6.07 Å². The Bertz CT molecular complexity index is 1040. The number of hydrogen-bond donors (Lipinski definition) is 2. The van der Waals surface area contributed by atoms with Crippen molar-refractivity contribution < 1.29 is 14.3 Å². The molecule has 3 heterocycles. The molecule has 1 fully saturated rings. The van der Waals surface area contributed by atoms with E-state index < -0.39 is 17.0 Å². The number of nitrogens with one attached hydrogen (secondary N) is 1. The number of piperidine rings is 1. The molecule has 0 aromatic carbocycles. The van der Waals surface area contributed by atoms with Crippen LogP contribution < -0.4 is 11.1 Å². The topological polar surface area (TPSA) is 152 Å². The molecule has 0 spiro atoms. The molecule has 3 N–H and O–H groups in total. The minimum atomic E-state index is -0.685. The van der Waals surface area contributed by atoms with Gasteiger partial charge in [0.1, 0.15) is 17.0 Å². The Balaban J connectivity index is 1.86. The molecule has 1 saturated heterocycles. The Hall–Kier alpha value is -3.68. The van der Waals surface area contributed by atoms with Crippen molar-refractivity contribution in [2.75, 3.05) is 18.4 Å². The number of nitrogens with zero attached hydrogens (tertiary/aromatic N) is 6. The van der Waals surface area contributed by atoms with E-state index in [1.165, 1.54) is 6.20 Å². The predicted octanol–water partition coefficient (Wildman–Crippen LogP) is 2.46. The number of hydrogen-bond acceptors (Lipinski definition) is 8. The SMILES string of the molecule is Cc1cncc(Nc2nn(C3(CC#N)CCN(C(=O)OC(C)(C)C)CC3)cc2C(N)=O)n1. The quantitative estimate of drug-likeness (QED) is 0.719. The number of amides is 2. The summed E-state index contributed by atoms with van der Waals surface area (Å²) in [6, 6.07) is 2.22. The maximum absolute atomic E-state index is 12.4. The Kier molecular flexibility index (Phi) is 6.34. The molecule has 0 atom stereocenters. The molecule has 2 aromatic rings. The Morgan fingerprint density at radius 3 is 2.56 bits per heavy atom. The highest BCUT2D eigenvalue weighted by Crippen LogP contribution is 2.35. The lowest BCUT2D eigenvalue weighted by molar-refractivity contribution is 0.0105. The predicted molar refractivity (Wildman–Crippen MR) is 116 cm³/mol. The van der Waals surface area contributed by atoms with E-state index in [1.807, 2.05) is 20.8 Å². The summed E-state index contributed by atoms with van der Waals surface area (Å²) in [5.74, 6) is 0.00813. The molecule has 3 rings (SSSR count). The van der Waals surface area contributed by atoms with Crippen LogP contribution in [0.4, 0.5) is 16.4 Å². The van der Waals surface area contributed by atoms with E-state index in [1.54, 1.807) is 28.9 Å². The van der Waals surface area contributed by atoms with Crippen LogP contribution in [-0.4, -0.2) is 55.3 Å². The highest BCUT2D eigenvalue weighted by Gasteiger charge is 2.40. The molecule has 170 valence electrons. The Labute approximate surface area is 186 Å². The molecule has 11 nitrogen and oxygen atoms in total. The zero-order chi connectivity index (χ0) is 23.5. The van der Waals surface area contributed by atoms with Crippen molar-refractivity contribution in [1.82, 2.24) is 24.6 Å². The third-order valence-electron chi connectivity index (χ3n) is 5.22. The summed E-state index contributed by atoms with van der Waals surface area (Å²) in [7, 11) is 0. The highest BCUT2D eigenvalue weighted by atomic mass is 16.6. The summed E-state index contributed by atoms with van der Waals surface area (Å²) < 4.78 is 7.08. The molecule has 0 radical (unpaired) electrons. The number of anilines is 2. The van der Waals surface area contributed by atoms with E-state index in [9.17, 15) is 14.9 Å². The van der Waals surface area contributed by atoms with Gasteiger partial charge in [-0.1, -0.05) is 0 Å². The second-order valence-corrected chi connectivity index (χ2v) is 8.90. The maximum atomic E-state index is 12.4. The van der Waals surface area contributed by atoms with Gasteiger partial charge in [0.05, 0.1) is 29.9 Å². The average Bonchev–Trinajstić information content (AvgIpc) is 3.12. The molecule has 32 heavy (non-hydrogen) atoms. The summed E-state index contributed by atoms with van der Waals surface area (Å²) in [5, 5.41) is 17.0. The lowest BCUT2D eigenvalue weighted by Crippen LogP contribution is -2.49. The van der Waals surface area contributed by atoms with Crippen LogP contribution in [0.3, 0.4) is 0 Å². The van der Waals surface area contributed by atoms with Crippen molar-refractivity contribution >= 4 is 23.6 Å². The van der Waals surface area contributed by atoms with Crippen LogP contribution in [0.2, 0.25) is 0 Å². The van der Waals surface area contributed by atoms with E-state index in [2.05, 4.69) is 26.5 Å². The molecule has 2 aromatic heterocycles. The minimum absolute atomic E-state index is 0.165. The summed E-state index contributed by atoms with van der Waals surface area (Å²) >= 11 is 0. The smallest absolute Gasteiger partial charge is 0.410 e. The standard InChI is InChI=1S/C21H28N8O3/c1-14-11-24-12-16(25-14)26-18-15(17(23)30)13-29(27-18)21(5-8-22)6-9-28(10-7-21)19(31)32-20(2,3)4/h11-13H,5-7,9-10H2,1-4H3,(H2,23,30)(H,25,26,27). The molecule has 2 amide bonds. The first kappa shape index (κ1) is 23.0. The maximum Gasteiger partial charge on any atom is 0.410 e. The third-order valence-corrected chi connectivity index (χ3v) is 5.22. The van der Waals surface area contributed by atoms with Crippen molar-refractivity contribution in [2.45, 2.75) is 58.1 Å². The van der Waals surface area contributed by atoms with Crippen LogP contribution in [-0.2, 0) is 10.3 Å². The molecule has 1 aliphatic heterocycles. The van der Waals surface area contributed by atoms with E-state index >= 15 is 0 Å². The zero-order valence-corrected chi connectivity index (χ0v) is 18.8.